The quantitative estimate of drug-likeness (QED) is 0.752. The zero-order chi connectivity index (χ0) is 16.0. The Labute approximate surface area is 132 Å². The van der Waals surface area contributed by atoms with E-state index in [2.05, 4.69) is 0 Å². The van der Waals surface area contributed by atoms with Crippen LogP contribution in [0.15, 0.2) is 17.2 Å². The van der Waals surface area contributed by atoms with Crippen molar-refractivity contribution in [2.24, 2.45) is 0 Å². The van der Waals surface area contributed by atoms with Gasteiger partial charge in [0, 0.05) is 37.3 Å². The van der Waals surface area contributed by atoms with E-state index < -0.39 is 10.0 Å². The highest BCUT2D eigenvalue weighted by atomic mass is 32.2. The van der Waals surface area contributed by atoms with Crippen molar-refractivity contribution in [3.8, 4) is 0 Å². The number of aliphatic hydroxyl groups excluding tert-OH is 1. The van der Waals surface area contributed by atoms with Gasteiger partial charge in [0.1, 0.15) is 4.90 Å². The van der Waals surface area contributed by atoms with Crippen molar-refractivity contribution >= 4 is 21.8 Å². The van der Waals surface area contributed by atoms with E-state index in [1.807, 2.05) is 24.7 Å². The molecule has 1 atom stereocenters. The van der Waals surface area contributed by atoms with E-state index in [-0.39, 0.29) is 17.5 Å². The minimum absolute atomic E-state index is 0.0166. The van der Waals surface area contributed by atoms with Crippen molar-refractivity contribution in [3.05, 3.63) is 18.0 Å². The molecule has 0 saturated heterocycles. The molecule has 0 amide bonds. The van der Waals surface area contributed by atoms with Gasteiger partial charge in [-0.05, 0) is 25.2 Å². The average Bonchev–Trinajstić information content (AvgIpc) is 2.88. The number of aromatic nitrogens is 1. The van der Waals surface area contributed by atoms with Gasteiger partial charge in [-0.25, -0.2) is 8.42 Å². The van der Waals surface area contributed by atoms with E-state index in [4.69, 9.17) is 0 Å². The average molecular weight is 335 g/mol. The summed E-state index contributed by atoms with van der Waals surface area (Å²) in [6.45, 7) is 4.57. The third-order valence-corrected chi connectivity index (χ3v) is 6.20. The Morgan fingerprint density at radius 1 is 1.43 bits per heavy atom. The second kappa shape index (κ2) is 8.22. The largest absolute Gasteiger partial charge is 0.390 e. The number of hydrogen-bond acceptors (Lipinski definition) is 4. The molecule has 0 aliphatic rings. The monoisotopic (exact) mass is 334 g/mol. The molecular weight excluding hydrogens is 308 g/mol. The van der Waals surface area contributed by atoms with Crippen molar-refractivity contribution in [1.29, 1.82) is 0 Å². The molecule has 7 heteroatoms. The maximum Gasteiger partial charge on any atom is 0.244 e. The molecule has 0 saturated carbocycles. The van der Waals surface area contributed by atoms with Gasteiger partial charge >= 0.3 is 0 Å². The Morgan fingerprint density at radius 2 is 2.10 bits per heavy atom. The minimum Gasteiger partial charge on any atom is -0.390 e. The molecule has 0 bridgehead atoms. The summed E-state index contributed by atoms with van der Waals surface area (Å²) in [5.74, 6) is 0.773. The number of rotatable bonds is 9. The number of aryl methyl sites for hydroxylation is 1. The molecule has 1 rings (SSSR count). The summed E-state index contributed by atoms with van der Waals surface area (Å²) in [5.41, 5.74) is 0.640. The third-order valence-electron chi connectivity index (χ3n) is 3.61. The molecule has 1 unspecified atom stereocenters. The third kappa shape index (κ3) is 4.25. The van der Waals surface area contributed by atoms with Crippen molar-refractivity contribution < 1.29 is 13.5 Å². The summed E-state index contributed by atoms with van der Waals surface area (Å²) in [4.78, 5) is 0.266. The summed E-state index contributed by atoms with van der Waals surface area (Å²) >= 11 is 1.64. The van der Waals surface area contributed by atoms with Gasteiger partial charge in [-0.2, -0.15) is 16.1 Å². The number of nitrogens with zero attached hydrogens (tertiary/aromatic N) is 2. The van der Waals surface area contributed by atoms with Crippen LogP contribution in [0, 0.1) is 0 Å². The second-order valence-electron chi connectivity index (χ2n) is 5.06. The standard InChI is InChI=1S/C14H26N2O3S2/c1-5-7-16-9-14(8-13(16)10-17)21(18,19)15(3)12(6-2)11-20-4/h8-9,12,17H,5-7,10-11H2,1-4H3. The van der Waals surface area contributed by atoms with E-state index >= 15 is 0 Å². The highest BCUT2D eigenvalue weighted by Crippen LogP contribution is 2.22. The summed E-state index contributed by atoms with van der Waals surface area (Å²) in [5, 5.41) is 9.37. The molecule has 21 heavy (non-hydrogen) atoms. The van der Waals surface area contributed by atoms with Gasteiger partial charge in [-0.3, -0.25) is 0 Å². The number of hydrogen-bond donors (Lipinski definition) is 1. The zero-order valence-corrected chi connectivity index (χ0v) is 14.9. The first-order chi connectivity index (χ1) is 9.92. The maximum atomic E-state index is 12.7. The van der Waals surface area contributed by atoms with E-state index in [1.54, 1.807) is 31.1 Å². The van der Waals surface area contributed by atoms with Crippen molar-refractivity contribution in [2.75, 3.05) is 19.1 Å². The van der Waals surface area contributed by atoms with Crippen molar-refractivity contribution in [3.63, 3.8) is 0 Å². The molecule has 0 aliphatic heterocycles. The zero-order valence-electron chi connectivity index (χ0n) is 13.2. The predicted octanol–water partition coefficient (Wildman–Crippen LogP) is 2.15. The lowest BCUT2D eigenvalue weighted by atomic mass is 10.3. The van der Waals surface area contributed by atoms with Crippen LogP contribution < -0.4 is 0 Å². The van der Waals surface area contributed by atoms with Gasteiger partial charge in [0.25, 0.3) is 0 Å². The van der Waals surface area contributed by atoms with Crippen LogP contribution in [0.2, 0.25) is 0 Å². The summed E-state index contributed by atoms with van der Waals surface area (Å²) < 4.78 is 28.7. The van der Waals surface area contributed by atoms with Crippen LogP contribution in [-0.2, 0) is 23.2 Å². The van der Waals surface area contributed by atoms with Gasteiger partial charge in [-0.1, -0.05) is 13.8 Å². The van der Waals surface area contributed by atoms with E-state index in [1.165, 1.54) is 4.31 Å². The molecular formula is C14H26N2O3S2. The molecule has 0 radical (unpaired) electrons. The fraction of sp³-hybridized carbons (Fsp3) is 0.714. The van der Waals surface area contributed by atoms with E-state index in [0.29, 0.717) is 12.2 Å². The molecule has 122 valence electrons. The van der Waals surface area contributed by atoms with Crippen LogP contribution in [-0.4, -0.2) is 47.5 Å². The lowest BCUT2D eigenvalue weighted by molar-refractivity contribution is 0.270. The Morgan fingerprint density at radius 3 is 2.57 bits per heavy atom. The van der Waals surface area contributed by atoms with Crippen LogP contribution in [0.25, 0.3) is 0 Å². The van der Waals surface area contributed by atoms with Crippen LogP contribution in [0.1, 0.15) is 32.4 Å². The van der Waals surface area contributed by atoms with Crippen LogP contribution >= 0.6 is 11.8 Å². The molecule has 0 aliphatic carbocycles. The van der Waals surface area contributed by atoms with Crippen LogP contribution in [0.5, 0.6) is 0 Å². The topological polar surface area (TPSA) is 62.5 Å². The molecule has 5 nitrogen and oxygen atoms in total. The predicted molar refractivity (Wildman–Crippen MR) is 88.1 cm³/mol. The van der Waals surface area contributed by atoms with E-state index in [9.17, 15) is 13.5 Å². The van der Waals surface area contributed by atoms with Crippen molar-refractivity contribution in [2.45, 2.75) is 50.8 Å². The first-order valence-electron chi connectivity index (χ1n) is 7.19. The number of thioether (sulfide) groups is 1. The van der Waals surface area contributed by atoms with Crippen LogP contribution in [0.3, 0.4) is 0 Å². The Hall–Kier alpha value is -0.500. The molecule has 0 aromatic carbocycles. The number of aliphatic hydroxyl groups is 1. The SMILES string of the molecule is CCCn1cc(S(=O)(=O)N(C)C(CC)CSC)cc1CO. The lowest BCUT2D eigenvalue weighted by Gasteiger charge is -2.25. The normalized spacial score (nSPS) is 13.8. The molecule has 1 N–H and O–H groups in total. The number of sulfonamides is 1. The first kappa shape index (κ1) is 18.5. The van der Waals surface area contributed by atoms with Gasteiger partial charge < -0.3 is 9.67 Å². The summed E-state index contributed by atoms with van der Waals surface area (Å²) in [7, 11) is -1.88. The van der Waals surface area contributed by atoms with Gasteiger partial charge in [0.2, 0.25) is 10.0 Å². The Balaban J connectivity index is 3.12. The molecule has 1 aromatic heterocycles. The van der Waals surface area contributed by atoms with Crippen LogP contribution in [0.4, 0.5) is 0 Å². The minimum atomic E-state index is -3.51. The molecule has 0 spiro atoms. The van der Waals surface area contributed by atoms with Crippen molar-refractivity contribution in [1.82, 2.24) is 8.87 Å². The maximum absolute atomic E-state index is 12.7. The highest BCUT2D eigenvalue weighted by Gasteiger charge is 2.28. The smallest absolute Gasteiger partial charge is 0.244 e. The fourth-order valence-electron chi connectivity index (χ4n) is 2.28. The highest BCUT2D eigenvalue weighted by molar-refractivity contribution is 7.98. The summed E-state index contributed by atoms with van der Waals surface area (Å²) in [6.07, 6.45) is 5.28. The molecule has 1 aromatic rings. The Kier molecular flexibility index (Phi) is 7.26. The Bertz CT molecular complexity index is 540. The summed E-state index contributed by atoms with van der Waals surface area (Å²) in [6, 6.07) is 1.56. The van der Waals surface area contributed by atoms with Gasteiger partial charge in [0.15, 0.2) is 0 Å². The molecule has 1 heterocycles. The molecule has 0 fully saturated rings. The first-order valence-corrected chi connectivity index (χ1v) is 10.0. The fourth-order valence-corrected chi connectivity index (χ4v) is 4.71. The van der Waals surface area contributed by atoms with Gasteiger partial charge in [-0.15, -0.1) is 0 Å². The lowest BCUT2D eigenvalue weighted by Crippen LogP contribution is -2.38. The second-order valence-corrected chi connectivity index (χ2v) is 7.97. The van der Waals surface area contributed by atoms with E-state index in [0.717, 1.165) is 18.6 Å². The van der Waals surface area contributed by atoms with Gasteiger partial charge in [0.05, 0.1) is 6.61 Å².